The van der Waals surface area contributed by atoms with Gasteiger partial charge >= 0.3 is 0 Å². The Bertz CT molecular complexity index is 1360. The quantitative estimate of drug-likeness (QED) is 0.389. The fraction of sp³-hybridized carbons (Fsp3) is 0.150. The molecule has 0 amide bonds. The fourth-order valence-corrected chi connectivity index (χ4v) is 4.90. The molecule has 0 saturated carbocycles. The van der Waals surface area contributed by atoms with Crippen molar-refractivity contribution in [2.75, 3.05) is 6.79 Å². The second-order valence-electron chi connectivity index (χ2n) is 6.72. The molecule has 1 aliphatic rings. The number of nitrogens with one attached hydrogen (secondary N) is 2. The number of aryl methyl sites for hydroxylation is 1. The van der Waals surface area contributed by atoms with Crippen molar-refractivity contribution in [1.82, 2.24) is 19.5 Å². The van der Waals surface area contributed by atoms with Crippen molar-refractivity contribution in [2.45, 2.75) is 23.0 Å². The number of imidazole rings is 1. The Morgan fingerprint density at radius 1 is 1.29 bits per heavy atom. The largest absolute Gasteiger partial charge is 0.454 e. The summed E-state index contributed by atoms with van der Waals surface area (Å²) in [6.07, 6.45) is 1.90. The highest BCUT2D eigenvalue weighted by Crippen LogP contribution is 2.42. The number of H-pyrrole nitrogens is 1. The van der Waals surface area contributed by atoms with Crippen LogP contribution < -0.4 is 15.0 Å². The Morgan fingerprint density at radius 3 is 2.90 bits per heavy atom. The molecule has 4 aromatic rings. The summed E-state index contributed by atoms with van der Waals surface area (Å²) in [5.41, 5.74) is 1.58. The summed E-state index contributed by atoms with van der Waals surface area (Å²) >= 11 is 11.1. The van der Waals surface area contributed by atoms with E-state index in [4.69, 9.17) is 26.5 Å². The van der Waals surface area contributed by atoms with Gasteiger partial charge in [0.2, 0.25) is 6.79 Å². The molecule has 11 heteroatoms. The summed E-state index contributed by atoms with van der Waals surface area (Å²) in [7, 11) is 0. The van der Waals surface area contributed by atoms with Gasteiger partial charge in [-0.3, -0.25) is 5.41 Å². The van der Waals surface area contributed by atoms with E-state index >= 15 is 0 Å². The molecule has 0 unspecified atom stereocenters. The maximum absolute atomic E-state index is 14.1. The van der Waals surface area contributed by atoms with Crippen molar-refractivity contribution in [1.29, 1.82) is 5.41 Å². The summed E-state index contributed by atoms with van der Waals surface area (Å²) in [5.74, 6) is 1.00. The molecule has 0 saturated heterocycles. The molecule has 2 N–H and O–H groups in total. The van der Waals surface area contributed by atoms with Crippen LogP contribution in [-0.2, 0) is 13.0 Å². The van der Waals surface area contributed by atoms with E-state index in [9.17, 15) is 4.39 Å². The summed E-state index contributed by atoms with van der Waals surface area (Å²) in [6.45, 7) is 0.605. The number of halogens is 3. The van der Waals surface area contributed by atoms with Crippen LogP contribution in [0.25, 0.3) is 11.2 Å². The molecule has 2 aromatic carbocycles. The van der Waals surface area contributed by atoms with Gasteiger partial charge in [-0.25, -0.2) is 14.4 Å². The van der Waals surface area contributed by atoms with E-state index in [1.165, 1.54) is 24.2 Å². The average Bonchev–Trinajstić information content (AvgIpc) is 3.36. The van der Waals surface area contributed by atoms with Gasteiger partial charge in [-0.1, -0.05) is 29.4 Å². The van der Waals surface area contributed by atoms with E-state index in [-0.39, 0.29) is 18.1 Å². The smallest absolute Gasteiger partial charge is 0.231 e. The predicted octanol–water partition coefficient (Wildman–Crippen LogP) is 4.92. The van der Waals surface area contributed by atoms with Gasteiger partial charge in [-0.05, 0) is 46.6 Å². The van der Waals surface area contributed by atoms with E-state index in [0.29, 0.717) is 51.4 Å². The first-order chi connectivity index (χ1) is 15.0. The van der Waals surface area contributed by atoms with Gasteiger partial charge in [0.05, 0.1) is 6.33 Å². The highest BCUT2D eigenvalue weighted by Gasteiger charge is 2.18. The van der Waals surface area contributed by atoms with Crippen molar-refractivity contribution in [3.05, 3.63) is 63.0 Å². The first-order valence-corrected chi connectivity index (χ1v) is 11.2. The minimum Gasteiger partial charge on any atom is -0.454 e. The lowest BCUT2D eigenvalue weighted by molar-refractivity contribution is 0.174. The molecule has 0 fully saturated rings. The van der Waals surface area contributed by atoms with Gasteiger partial charge in [-0.2, -0.15) is 0 Å². The number of hydrogen-bond donors (Lipinski definition) is 2. The highest BCUT2D eigenvalue weighted by atomic mass is 79.9. The number of aromatic nitrogens is 4. The number of aromatic amines is 1. The number of hydrogen-bond acceptors (Lipinski definition) is 6. The van der Waals surface area contributed by atoms with E-state index in [1.807, 2.05) is 12.1 Å². The maximum atomic E-state index is 14.1. The van der Waals surface area contributed by atoms with Crippen molar-refractivity contribution >= 4 is 50.5 Å². The first kappa shape index (κ1) is 20.3. The maximum Gasteiger partial charge on any atom is 0.231 e. The molecule has 2 aromatic heterocycles. The van der Waals surface area contributed by atoms with Crippen LogP contribution in [0.5, 0.6) is 11.5 Å². The number of rotatable bonds is 5. The van der Waals surface area contributed by atoms with Gasteiger partial charge in [0.15, 0.2) is 27.8 Å². The predicted molar refractivity (Wildman–Crippen MR) is 117 cm³/mol. The topological polar surface area (TPSA) is 88.8 Å². The minimum absolute atomic E-state index is 0.0827. The standard InChI is InChI=1S/C20H14BrClFN5O2S/c21-11-6-14-15(30-9-29-14)7-16(11)31-20-26-17-18(24)25-8-28(19(17)27-20)5-4-10-12(22)2-1-3-13(10)23/h1-3,6-8,24H,4-5,9H2,(H,26,27). The third kappa shape index (κ3) is 3.90. The summed E-state index contributed by atoms with van der Waals surface area (Å²) in [4.78, 5) is 12.8. The Kier molecular flexibility index (Phi) is 5.37. The lowest BCUT2D eigenvalue weighted by Crippen LogP contribution is -2.14. The lowest BCUT2D eigenvalue weighted by Gasteiger charge is -2.09. The molecule has 0 spiro atoms. The summed E-state index contributed by atoms with van der Waals surface area (Å²) < 4.78 is 27.6. The van der Waals surface area contributed by atoms with Gasteiger partial charge in [0.25, 0.3) is 0 Å². The normalized spacial score (nSPS) is 12.6. The zero-order valence-corrected chi connectivity index (χ0v) is 18.9. The Morgan fingerprint density at radius 2 is 2.10 bits per heavy atom. The van der Waals surface area contributed by atoms with E-state index in [2.05, 4.69) is 30.9 Å². The molecule has 0 atom stereocenters. The summed E-state index contributed by atoms with van der Waals surface area (Å²) in [5, 5.41) is 9.10. The Balaban J connectivity index is 1.46. The van der Waals surface area contributed by atoms with E-state index < -0.39 is 0 Å². The highest BCUT2D eigenvalue weighted by molar-refractivity contribution is 9.10. The fourth-order valence-electron chi connectivity index (χ4n) is 3.26. The third-order valence-corrected chi connectivity index (χ3v) is 7.01. The molecule has 5 rings (SSSR count). The number of nitrogens with zero attached hydrogens (tertiary/aromatic N) is 3. The van der Waals surface area contributed by atoms with Gasteiger partial charge < -0.3 is 19.0 Å². The summed E-state index contributed by atoms with van der Waals surface area (Å²) in [6, 6.07) is 8.35. The van der Waals surface area contributed by atoms with Crippen LogP contribution in [0.4, 0.5) is 4.39 Å². The van der Waals surface area contributed by atoms with Crippen LogP contribution in [-0.4, -0.2) is 26.3 Å². The van der Waals surface area contributed by atoms with Gasteiger partial charge in [0.1, 0.15) is 11.3 Å². The molecule has 1 aliphatic heterocycles. The zero-order valence-electron chi connectivity index (χ0n) is 15.8. The van der Waals surface area contributed by atoms with E-state index in [0.717, 1.165) is 9.37 Å². The number of ether oxygens (including phenoxy) is 2. The molecular weight excluding hydrogens is 509 g/mol. The van der Waals surface area contributed by atoms with E-state index in [1.54, 1.807) is 16.7 Å². The van der Waals surface area contributed by atoms with Crippen LogP contribution in [0.2, 0.25) is 5.02 Å². The molecular formula is C20H14BrClFN5O2S. The second-order valence-corrected chi connectivity index (χ2v) is 9.01. The second kappa shape index (κ2) is 8.18. The monoisotopic (exact) mass is 521 g/mol. The van der Waals surface area contributed by atoms with Crippen LogP contribution in [0.15, 0.2) is 51.2 Å². The van der Waals surface area contributed by atoms with Crippen LogP contribution in [0.1, 0.15) is 5.56 Å². The number of fused-ring (bicyclic) bond motifs is 2. The average molecular weight is 523 g/mol. The van der Waals surface area contributed by atoms with Crippen molar-refractivity contribution in [3.63, 3.8) is 0 Å². The van der Waals surface area contributed by atoms with Gasteiger partial charge in [0, 0.05) is 26.5 Å². The Labute approximate surface area is 193 Å². The molecule has 0 aliphatic carbocycles. The third-order valence-electron chi connectivity index (χ3n) is 4.80. The van der Waals surface area contributed by atoms with Crippen LogP contribution in [0.3, 0.4) is 0 Å². The van der Waals surface area contributed by atoms with Crippen molar-refractivity contribution in [2.24, 2.45) is 0 Å². The lowest BCUT2D eigenvalue weighted by atomic mass is 10.1. The van der Waals surface area contributed by atoms with Gasteiger partial charge in [-0.15, -0.1) is 0 Å². The Hall–Kier alpha value is -2.56. The molecule has 31 heavy (non-hydrogen) atoms. The first-order valence-electron chi connectivity index (χ1n) is 9.19. The minimum atomic E-state index is -0.347. The number of benzene rings is 2. The van der Waals surface area contributed by atoms with Crippen molar-refractivity contribution < 1.29 is 13.9 Å². The van der Waals surface area contributed by atoms with Crippen LogP contribution >= 0.6 is 39.3 Å². The molecule has 158 valence electrons. The molecule has 0 radical (unpaired) electrons. The zero-order chi connectivity index (χ0) is 21.5. The SMILES string of the molecule is N=c1ncn(CCc2c(F)cccc2Cl)c2nc(Sc3cc4c(cc3Br)OCO4)[nH]c12. The van der Waals surface area contributed by atoms with Crippen molar-refractivity contribution in [3.8, 4) is 11.5 Å². The molecule has 7 nitrogen and oxygen atoms in total. The molecule has 3 heterocycles. The molecule has 0 bridgehead atoms. The van der Waals surface area contributed by atoms with Crippen LogP contribution in [0, 0.1) is 11.2 Å².